The number of rotatable bonds is 4. The van der Waals surface area contributed by atoms with Crippen molar-refractivity contribution in [3.05, 3.63) is 11.8 Å². The van der Waals surface area contributed by atoms with E-state index in [1.54, 1.807) is 0 Å². The van der Waals surface area contributed by atoms with Gasteiger partial charge in [0.15, 0.2) is 0 Å². The summed E-state index contributed by atoms with van der Waals surface area (Å²) in [5.74, 6) is 5.45. The van der Waals surface area contributed by atoms with Gasteiger partial charge in [0, 0.05) is 30.0 Å². The van der Waals surface area contributed by atoms with Crippen molar-refractivity contribution in [2.24, 2.45) is 23.2 Å². The van der Waals surface area contributed by atoms with Crippen LogP contribution in [0.15, 0.2) is 4.42 Å². The van der Waals surface area contributed by atoms with Crippen LogP contribution >= 0.6 is 0 Å². The standard InChI is InChI=1S/C28H47N3O/c1-6-18(2)31-24-10-8-7-9-22(24)23-17-20(13-16-25(23)31)27-30-29-26(32-27)19-11-14-21(15-12-19)28(3,4)5/h18-25H,6-17H2,1-5H3. The first-order valence-electron chi connectivity index (χ1n) is 14.0. The van der Waals surface area contributed by atoms with Crippen molar-refractivity contribution >= 4 is 0 Å². The number of nitrogens with zero attached hydrogens (tertiary/aromatic N) is 3. The van der Waals surface area contributed by atoms with E-state index in [-0.39, 0.29) is 0 Å². The quantitative estimate of drug-likeness (QED) is 0.491. The first-order valence-corrected chi connectivity index (χ1v) is 14.0. The second-order valence-electron chi connectivity index (χ2n) is 12.9. The minimum absolute atomic E-state index is 0.422. The minimum Gasteiger partial charge on any atom is -0.425 e. The molecule has 6 atom stereocenters. The van der Waals surface area contributed by atoms with Gasteiger partial charge in [-0.1, -0.05) is 40.5 Å². The lowest BCUT2D eigenvalue weighted by atomic mass is 9.70. The molecule has 180 valence electrons. The first-order chi connectivity index (χ1) is 15.4. The SMILES string of the molecule is CCC(C)N1C2CCCCC2C2CC(c3nnc(C4CCC(C(C)(C)C)CC4)o3)CCC21. The summed E-state index contributed by atoms with van der Waals surface area (Å²) in [5.41, 5.74) is 0.422. The molecule has 1 saturated heterocycles. The summed E-state index contributed by atoms with van der Waals surface area (Å²) >= 11 is 0. The zero-order chi connectivity index (χ0) is 22.5. The molecule has 4 heteroatoms. The van der Waals surface area contributed by atoms with E-state index < -0.39 is 0 Å². The van der Waals surface area contributed by atoms with E-state index in [2.05, 4.69) is 49.7 Å². The monoisotopic (exact) mass is 441 g/mol. The van der Waals surface area contributed by atoms with Gasteiger partial charge in [-0.2, -0.15) is 0 Å². The van der Waals surface area contributed by atoms with Crippen LogP contribution in [0.1, 0.15) is 135 Å². The Kier molecular flexibility index (Phi) is 6.46. The molecule has 0 aromatic carbocycles. The largest absolute Gasteiger partial charge is 0.425 e. The maximum absolute atomic E-state index is 6.43. The van der Waals surface area contributed by atoms with Crippen molar-refractivity contribution in [2.45, 2.75) is 142 Å². The zero-order valence-electron chi connectivity index (χ0n) is 21.4. The molecule has 4 nitrogen and oxygen atoms in total. The van der Waals surface area contributed by atoms with Crippen LogP contribution in [0.2, 0.25) is 0 Å². The molecule has 6 unspecified atom stereocenters. The average Bonchev–Trinajstić information content (AvgIpc) is 3.41. The Labute approximate surface area is 196 Å². The Morgan fingerprint density at radius 2 is 1.47 bits per heavy atom. The summed E-state index contributed by atoms with van der Waals surface area (Å²) in [7, 11) is 0. The highest BCUT2D eigenvalue weighted by Gasteiger charge is 2.52. The molecule has 3 saturated carbocycles. The first kappa shape index (κ1) is 22.9. The summed E-state index contributed by atoms with van der Waals surface area (Å²) in [4.78, 5) is 2.97. The molecule has 2 heterocycles. The molecule has 0 bridgehead atoms. The van der Waals surface area contributed by atoms with Gasteiger partial charge in [0.05, 0.1) is 0 Å². The van der Waals surface area contributed by atoms with Crippen LogP contribution in [-0.4, -0.2) is 33.2 Å². The van der Waals surface area contributed by atoms with E-state index in [0.717, 1.165) is 47.7 Å². The topological polar surface area (TPSA) is 42.2 Å². The van der Waals surface area contributed by atoms with Gasteiger partial charge < -0.3 is 4.42 Å². The number of hydrogen-bond donors (Lipinski definition) is 0. The van der Waals surface area contributed by atoms with Gasteiger partial charge in [0.25, 0.3) is 0 Å². The normalized spacial score (nSPS) is 39.5. The summed E-state index contributed by atoms with van der Waals surface area (Å²) < 4.78 is 6.43. The number of hydrogen-bond acceptors (Lipinski definition) is 4. The summed E-state index contributed by atoms with van der Waals surface area (Å²) in [6.07, 6.45) is 15.9. The Balaban J connectivity index is 1.26. The smallest absolute Gasteiger partial charge is 0.219 e. The van der Waals surface area contributed by atoms with E-state index in [0.29, 0.717) is 17.3 Å². The van der Waals surface area contributed by atoms with E-state index >= 15 is 0 Å². The lowest BCUT2D eigenvalue weighted by Crippen LogP contribution is -2.45. The summed E-state index contributed by atoms with van der Waals surface area (Å²) in [6, 6.07) is 2.36. The van der Waals surface area contributed by atoms with E-state index in [9.17, 15) is 0 Å². The number of fused-ring (bicyclic) bond motifs is 3. The van der Waals surface area contributed by atoms with Crippen LogP contribution in [0.3, 0.4) is 0 Å². The van der Waals surface area contributed by atoms with Gasteiger partial charge in [-0.05, 0) is 94.3 Å². The minimum atomic E-state index is 0.422. The van der Waals surface area contributed by atoms with E-state index in [1.807, 2.05) is 0 Å². The van der Waals surface area contributed by atoms with Crippen LogP contribution < -0.4 is 0 Å². The van der Waals surface area contributed by atoms with Crippen LogP contribution in [0.25, 0.3) is 0 Å². The van der Waals surface area contributed by atoms with Gasteiger partial charge >= 0.3 is 0 Å². The predicted octanol–water partition coefficient (Wildman–Crippen LogP) is 7.31. The average molecular weight is 442 g/mol. The molecule has 1 aromatic rings. The third-order valence-corrected chi connectivity index (χ3v) is 10.2. The Bertz CT molecular complexity index is 759. The van der Waals surface area contributed by atoms with Gasteiger partial charge in [-0.25, -0.2) is 0 Å². The van der Waals surface area contributed by atoms with Gasteiger partial charge in [0.1, 0.15) is 0 Å². The zero-order valence-corrected chi connectivity index (χ0v) is 21.4. The van der Waals surface area contributed by atoms with Crippen LogP contribution in [0, 0.1) is 23.2 Å². The fraction of sp³-hybridized carbons (Fsp3) is 0.929. The molecule has 4 fully saturated rings. The van der Waals surface area contributed by atoms with Crippen LogP contribution in [0.5, 0.6) is 0 Å². The molecule has 0 spiro atoms. The summed E-state index contributed by atoms with van der Waals surface area (Å²) in [6.45, 7) is 12.0. The van der Waals surface area contributed by atoms with Crippen molar-refractivity contribution in [3.8, 4) is 0 Å². The fourth-order valence-corrected chi connectivity index (χ4v) is 8.15. The molecular weight excluding hydrogens is 394 g/mol. The fourth-order valence-electron chi connectivity index (χ4n) is 8.15. The lowest BCUT2D eigenvalue weighted by molar-refractivity contribution is 0.0883. The Hall–Kier alpha value is -0.900. The third kappa shape index (κ3) is 4.18. The molecule has 1 aliphatic heterocycles. The summed E-state index contributed by atoms with van der Waals surface area (Å²) in [5, 5.41) is 9.24. The Morgan fingerprint density at radius 1 is 0.844 bits per heavy atom. The molecule has 0 radical (unpaired) electrons. The number of likely N-dealkylation sites (tertiary alicyclic amines) is 1. The maximum Gasteiger partial charge on any atom is 0.219 e. The molecular formula is C28H47N3O. The van der Waals surface area contributed by atoms with Gasteiger partial charge in [-0.3, -0.25) is 4.90 Å². The van der Waals surface area contributed by atoms with Crippen molar-refractivity contribution < 1.29 is 4.42 Å². The molecule has 4 aliphatic rings. The Morgan fingerprint density at radius 3 is 2.16 bits per heavy atom. The molecule has 5 rings (SSSR count). The highest BCUT2D eigenvalue weighted by molar-refractivity contribution is 5.09. The predicted molar refractivity (Wildman–Crippen MR) is 130 cm³/mol. The molecule has 1 aromatic heterocycles. The highest BCUT2D eigenvalue weighted by atomic mass is 16.4. The third-order valence-electron chi connectivity index (χ3n) is 10.2. The van der Waals surface area contributed by atoms with Gasteiger partial charge in [-0.15, -0.1) is 10.2 Å². The molecule has 0 N–H and O–H groups in total. The van der Waals surface area contributed by atoms with Crippen LogP contribution in [0.4, 0.5) is 0 Å². The highest BCUT2D eigenvalue weighted by Crippen LogP contribution is 2.53. The van der Waals surface area contributed by atoms with E-state index in [4.69, 9.17) is 4.42 Å². The number of aromatic nitrogens is 2. The molecule has 32 heavy (non-hydrogen) atoms. The van der Waals surface area contributed by atoms with Crippen molar-refractivity contribution in [1.82, 2.24) is 15.1 Å². The van der Waals surface area contributed by atoms with Crippen molar-refractivity contribution in [1.29, 1.82) is 0 Å². The van der Waals surface area contributed by atoms with Crippen molar-refractivity contribution in [2.75, 3.05) is 0 Å². The lowest BCUT2D eigenvalue weighted by Gasteiger charge is -2.39. The molecule has 0 amide bonds. The van der Waals surface area contributed by atoms with Crippen LogP contribution in [-0.2, 0) is 0 Å². The van der Waals surface area contributed by atoms with E-state index in [1.165, 1.54) is 77.0 Å². The van der Waals surface area contributed by atoms with Gasteiger partial charge in [0.2, 0.25) is 11.8 Å². The second-order valence-corrected chi connectivity index (χ2v) is 12.9. The van der Waals surface area contributed by atoms with Crippen molar-refractivity contribution in [3.63, 3.8) is 0 Å². The molecule has 3 aliphatic carbocycles. The second kappa shape index (κ2) is 9.04. The maximum atomic E-state index is 6.43.